The predicted molar refractivity (Wildman–Crippen MR) is 203 cm³/mol. The zero-order valence-electron chi connectivity index (χ0n) is 26.9. The van der Waals surface area contributed by atoms with E-state index in [0.29, 0.717) is 0 Å². The van der Waals surface area contributed by atoms with Crippen LogP contribution in [0, 0.1) is 13.8 Å². The van der Waals surface area contributed by atoms with Crippen molar-refractivity contribution >= 4 is 43.4 Å². The average molecular weight is 613 g/mol. The van der Waals surface area contributed by atoms with E-state index in [1.54, 1.807) is 0 Å². The van der Waals surface area contributed by atoms with E-state index in [1.807, 2.05) is 30.3 Å². The lowest BCUT2D eigenvalue weighted by Gasteiger charge is -2.16. The number of fused-ring (bicyclic) bond motifs is 7. The molecule has 0 fully saturated rings. The summed E-state index contributed by atoms with van der Waals surface area (Å²) in [5, 5.41) is 7.79. The summed E-state index contributed by atoms with van der Waals surface area (Å²) in [6.07, 6.45) is 0. The molecule has 0 N–H and O–H groups in total. The molecule has 8 aromatic carbocycles. The van der Waals surface area contributed by atoms with Crippen LogP contribution in [0.3, 0.4) is 0 Å². The third-order valence-corrected chi connectivity index (χ3v) is 9.68. The molecule has 0 aliphatic rings. The molecule has 48 heavy (non-hydrogen) atoms. The molecule has 0 aliphatic heterocycles. The van der Waals surface area contributed by atoms with Gasteiger partial charge in [0.15, 0.2) is 0 Å². The molecule has 0 unspecified atom stereocenters. The molecule has 0 saturated heterocycles. The Morgan fingerprint density at radius 1 is 0.312 bits per heavy atom. The van der Waals surface area contributed by atoms with Crippen LogP contribution in [0.1, 0.15) is 11.1 Å². The number of aryl methyl sites for hydroxylation is 2. The van der Waals surface area contributed by atoms with Crippen molar-refractivity contribution in [2.45, 2.75) is 13.8 Å². The van der Waals surface area contributed by atoms with E-state index in [1.165, 1.54) is 65.7 Å². The van der Waals surface area contributed by atoms with Crippen LogP contribution in [-0.2, 0) is 0 Å². The van der Waals surface area contributed by atoms with Crippen molar-refractivity contribution in [1.29, 1.82) is 0 Å². The van der Waals surface area contributed by atoms with Gasteiger partial charge in [-0.3, -0.25) is 0 Å². The minimum absolute atomic E-state index is 0.895. The van der Waals surface area contributed by atoms with Gasteiger partial charge in [0.25, 0.3) is 0 Å². The molecule has 0 amide bonds. The van der Waals surface area contributed by atoms with Gasteiger partial charge in [0, 0.05) is 11.1 Å². The summed E-state index contributed by atoms with van der Waals surface area (Å²) in [6, 6.07) is 56.4. The first kappa shape index (κ1) is 28.1. The Balaban J connectivity index is 1.12. The second-order valence-electron chi connectivity index (χ2n) is 12.7. The second-order valence-corrected chi connectivity index (χ2v) is 12.7. The van der Waals surface area contributed by atoms with Gasteiger partial charge in [-0.2, -0.15) is 0 Å². The first-order chi connectivity index (χ1) is 23.6. The fraction of sp³-hybridized carbons (Fsp3) is 0.0435. The van der Waals surface area contributed by atoms with Crippen molar-refractivity contribution in [2.24, 2.45) is 0 Å². The number of para-hydroxylation sites is 2. The predicted octanol–water partition coefficient (Wildman–Crippen LogP) is 12.4. The normalized spacial score (nSPS) is 11.5. The van der Waals surface area contributed by atoms with E-state index < -0.39 is 0 Å². The molecule has 1 aromatic heterocycles. The fourth-order valence-corrected chi connectivity index (χ4v) is 7.47. The maximum absolute atomic E-state index is 5.10. The van der Waals surface area contributed by atoms with Crippen LogP contribution in [0.15, 0.2) is 158 Å². The van der Waals surface area contributed by atoms with E-state index in [2.05, 4.69) is 141 Å². The second kappa shape index (κ2) is 11.3. The molecular weight excluding hydrogens is 581 g/mol. The van der Waals surface area contributed by atoms with Crippen LogP contribution in [0.5, 0.6) is 0 Å². The van der Waals surface area contributed by atoms with E-state index in [4.69, 9.17) is 9.97 Å². The Bertz CT molecular complexity index is 2610. The number of benzene rings is 8. The molecule has 0 bridgehead atoms. The lowest BCUT2D eigenvalue weighted by Crippen LogP contribution is -1.96. The van der Waals surface area contributed by atoms with E-state index in [0.717, 1.165) is 33.5 Å². The van der Waals surface area contributed by atoms with Crippen molar-refractivity contribution in [1.82, 2.24) is 9.97 Å². The molecule has 226 valence electrons. The highest BCUT2D eigenvalue weighted by Gasteiger charge is 2.16. The highest BCUT2D eigenvalue weighted by molar-refractivity contribution is 6.25. The summed E-state index contributed by atoms with van der Waals surface area (Å²) in [5.74, 6) is 0. The first-order valence-electron chi connectivity index (χ1n) is 16.5. The largest absolute Gasteiger partial charge is 0.244 e. The average Bonchev–Trinajstić information content (AvgIpc) is 3.14. The van der Waals surface area contributed by atoms with Crippen molar-refractivity contribution in [3.63, 3.8) is 0 Å². The van der Waals surface area contributed by atoms with Gasteiger partial charge in [0.05, 0.1) is 22.4 Å². The minimum Gasteiger partial charge on any atom is -0.244 e. The van der Waals surface area contributed by atoms with E-state index >= 15 is 0 Å². The Kier molecular flexibility index (Phi) is 6.62. The first-order valence-corrected chi connectivity index (χ1v) is 16.5. The van der Waals surface area contributed by atoms with Crippen molar-refractivity contribution < 1.29 is 0 Å². The number of aromatic nitrogens is 2. The molecule has 1 heterocycles. The summed E-state index contributed by atoms with van der Waals surface area (Å²) in [5.41, 5.74) is 13.2. The molecule has 9 aromatic rings. The van der Waals surface area contributed by atoms with Crippen LogP contribution in [0.4, 0.5) is 0 Å². The Hall–Kier alpha value is -6.12. The van der Waals surface area contributed by atoms with E-state index in [9.17, 15) is 0 Å². The fourth-order valence-electron chi connectivity index (χ4n) is 7.47. The summed E-state index contributed by atoms with van der Waals surface area (Å²) in [4.78, 5) is 10.2. The minimum atomic E-state index is 0.895. The molecular formula is C46H32N2. The van der Waals surface area contributed by atoms with Gasteiger partial charge in [-0.05, 0) is 97.7 Å². The van der Waals surface area contributed by atoms with Crippen molar-refractivity contribution in [3.05, 3.63) is 169 Å². The molecule has 2 heteroatoms. The van der Waals surface area contributed by atoms with Gasteiger partial charge >= 0.3 is 0 Å². The SMILES string of the molecule is Cc1cc(-c2ccc3c4ccccc4c4ccccc4c3c2)cc(C)c1-c1ccc(-c2nc3ccccc3nc2-c2ccccc2)cc1. The van der Waals surface area contributed by atoms with Gasteiger partial charge in [-0.15, -0.1) is 0 Å². The highest BCUT2D eigenvalue weighted by Crippen LogP contribution is 2.39. The molecule has 0 spiro atoms. The monoisotopic (exact) mass is 612 g/mol. The zero-order chi connectivity index (χ0) is 32.2. The van der Waals surface area contributed by atoms with E-state index in [-0.39, 0.29) is 0 Å². The third-order valence-electron chi connectivity index (χ3n) is 9.68. The molecule has 0 saturated carbocycles. The highest BCUT2D eigenvalue weighted by atomic mass is 14.8. The summed E-state index contributed by atoms with van der Waals surface area (Å²) in [6.45, 7) is 4.46. The maximum atomic E-state index is 5.10. The molecule has 0 radical (unpaired) electrons. The van der Waals surface area contributed by atoms with Crippen LogP contribution in [-0.4, -0.2) is 9.97 Å². The van der Waals surface area contributed by atoms with Gasteiger partial charge < -0.3 is 0 Å². The van der Waals surface area contributed by atoms with Gasteiger partial charge in [-0.25, -0.2) is 9.97 Å². The lowest BCUT2D eigenvalue weighted by atomic mass is 9.89. The number of rotatable bonds is 4. The molecule has 0 atom stereocenters. The quantitative estimate of drug-likeness (QED) is 0.185. The van der Waals surface area contributed by atoms with Crippen LogP contribution < -0.4 is 0 Å². The number of hydrogen-bond donors (Lipinski definition) is 0. The van der Waals surface area contributed by atoms with Crippen LogP contribution in [0.25, 0.3) is 88.1 Å². The van der Waals surface area contributed by atoms with Crippen LogP contribution >= 0.6 is 0 Å². The van der Waals surface area contributed by atoms with Gasteiger partial charge in [0.2, 0.25) is 0 Å². The smallest absolute Gasteiger partial charge is 0.0973 e. The molecule has 0 aliphatic carbocycles. The summed E-state index contributed by atoms with van der Waals surface area (Å²) in [7, 11) is 0. The van der Waals surface area contributed by atoms with Crippen molar-refractivity contribution in [2.75, 3.05) is 0 Å². The lowest BCUT2D eigenvalue weighted by molar-refractivity contribution is 1.29. The van der Waals surface area contributed by atoms with Gasteiger partial charge in [-0.1, -0.05) is 140 Å². The standard InChI is InChI=1S/C46H32N2/c1-29-26-35(34-24-25-40-38-16-7-6-14-36(38)37-15-8-9-17-39(37)41(40)28-34)27-30(2)44(29)31-20-22-33(23-21-31)46-45(32-12-4-3-5-13-32)47-42-18-10-11-19-43(42)48-46/h3-28H,1-2H3. The Morgan fingerprint density at radius 3 is 1.29 bits per heavy atom. The summed E-state index contributed by atoms with van der Waals surface area (Å²) < 4.78 is 0. The Labute approximate surface area is 280 Å². The topological polar surface area (TPSA) is 25.8 Å². The third kappa shape index (κ3) is 4.65. The number of nitrogens with zero attached hydrogens (tertiary/aromatic N) is 2. The molecule has 9 rings (SSSR count). The van der Waals surface area contributed by atoms with Crippen LogP contribution in [0.2, 0.25) is 0 Å². The zero-order valence-corrected chi connectivity index (χ0v) is 26.9. The van der Waals surface area contributed by atoms with Crippen molar-refractivity contribution in [3.8, 4) is 44.8 Å². The van der Waals surface area contributed by atoms with Gasteiger partial charge in [0.1, 0.15) is 0 Å². The Morgan fingerprint density at radius 2 is 0.729 bits per heavy atom. The molecule has 2 nitrogen and oxygen atoms in total. The maximum Gasteiger partial charge on any atom is 0.0973 e. The number of hydrogen-bond acceptors (Lipinski definition) is 2. The summed E-state index contributed by atoms with van der Waals surface area (Å²) >= 11 is 0.